The fourth-order valence-corrected chi connectivity index (χ4v) is 2.23. The number of nitrogens with zero attached hydrogens (tertiary/aromatic N) is 1. The van der Waals surface area contributed by atoms with Gasteiger partial charge in [-0.05, 0) is 50.6 Å². The van der Waals surface area contributed by atoms with Crippen molar-refractivity contribution in [1.29, 1.82) is 5.26 Å². The first-order valence-electron chi connectivity index (χ1n) is 6.17. The van der Waals surface area contributed by atoms with Crippen LogP contribution in [0.5, 0.6) is 0 Å². The maximum Gasteiger partial charge on any atom is 0.128 e. The molecule has 3 nitrogen and oxygen atoms in total. The molecule has 1 fully saturated rings. The molecule has 96 valence electrons. The molecule has 4 heteroatoms. The summed E-state index contributed by atoms with van der Waals surface area (Å²) in [6.07, 6.45) is 2.29. The summed E-state index contributed by atoms with van der Waals surface area (Å²) >= 11 is 0. The molecule has 0 radical (unpaired) electrons. The monoisotopic (exact) mass is 248 g/mol. The van der Waals surface area contributed by atoms with Crippen LogP contribution in [-0.4, -0.2) is 19.7 Å². The number of halogens is 1. The third-order valence-electron chi connectivity index (χ3n) is 3.33. The van der Waals surface area contributed by atoms with Gasteiger partial charge in [0.05, 0.1) is 24.3 Å². The van der Waals surface area contributed by atoms with Gasteiger partial charge in [-0.25, -0.2) is 4.39 Å². The van der Waals surface area contributed by atoms with Gasteiger partial charge in [-0.3, -0.25) is 0 Å². The minimum absolute atomic E-state index is 0.230. The first kappa shape index (κ1) is 13.0. The minimum Gasteiger partial charge on any atom is -0.373 e. The Morgan fingerprint density at radius 3 is 2.94 bits per heavy atom. The zero-order valence-corrected chi connectivity index (χ0v) is 10.4. The summed E-state index contributed by atoms with van der Waals surface area (Å²) in [7, 11) is 1.94. The van der Waals surface area contributed by atoms with E-state index in [4.69, 9.17) is 10.00 Å². The van der Waals surface area contributed by atoms with Gasteiger partial charge < -0.3 is 10.1 Å². The standard InChI is InChI=1S/C14H17FN2O/c1-17-8-11-5-13(6-11)18-9-12-4-10(7-16)2-3-14(12)15/h2-4,11,13,17H,5-6,8-9H2,1H3. The molecular weight excluding hydrogens is 231 g/mol. The zero-order valence-electron chi connectivity index (χ0n) is 10.4. The summed E-state index contributed by atoms with van der Waals surface area (Å²) in [6.45, 7) is 1.26. The molecule has 0 unspecified atom stereocenters. The molecule has 0 aromatic heterocycles. The van der Waals surface area contributed by atoms with E-state index in [-0.39, 0.29) is 18.5 Å². The predicted molar refractivity (Wildman–Crippen MR) is 66.3 cm³/mol. The van der Waals surface area contributed by atoms with Crippen LogP contribution in [0, 0.1) is 23.1 Å². The van der Waals surface area contributed by atoms with Crippen LogP contribution in [0.15, 0.2) is 18.2 Å². The van der Waals surface area contributed by atoms with Gasteiger partial charge in [0, 0.05) is 5.56 Å². The third-order valence-corrected chi connectivity index (χ3v) is 3.33. The van der Waals surface area contributed by atoms with Crippen LogP contribution in [0.1, 0.15) is 24.0 Å². The molecule has 1 aromatic rings. The van der Waals surface area contributed by atoms with E-state index in [1.807, 2.05) is 13.1 Å². The Hall–Kier alpha value is -1.44. The van der Waals surface area contributed by atoms with Crippen LogP contribution in [0.25, 0.3) is 0 Å². The molecule has 0 amide bonds. The fraction of sp³-hybridized carbons (Fsp3) is 0.500. The van der Waals surface area contributed by atoms with Crippen molar-refractivity contribution in [1.82, 2.24) is 5.32 Å². The molecular formula is C14H17FN2O. The van der Waals surface area contributed by atoms with Crippen molar-refractivity contribution in [3.8, 4) is 6.07 Å². The molecule has 0 aliphatic heterocycles. The van der Waals surface area contributed by atoms with E-state index in [1.165, 1.54) is 12.1 Å². The van der Waals surface area contributed by atoms with Crippen molar-refractivity contribution < 1.29 is 9.13 Å². The molecule has 1 saturated carbocycles. The number of hydrogen-bond acceptors (Lipinski definition) is 3. The summed E-state index contributed by atoms with van der Waals surface area (Å²) in [5, 5.41) is 11.9. The molecule has 1 aromatic carbocycles. The highest BCUT2D eigenvalue weighted by molar-refractivity contribution is 5.33. The Morgan fingerprint density at radius 1 is 1.50 bits per heavy atom. The molecule has 0 saturated heterocycles. The molecule has 1 N–H and O–H groups in total. The fourth-order valence-electron chi connectivity index (χ4n) is 2.23. The molecule has 1 aliphatic carbocycles. The zero-order chi connectivity index (χ0) is 13.0. The largest absolute Gasteiger partial charge is 0.373 e. The Morgan fingerprint density at radius 2 is 2.28 bits per heavy atom. The lowest BCUT2D eigenvalue weighted by atomic mass is 9.82. The third kappa shape index (κ3) is 3.06. The first-order chi connectivity index (χ1) is 8.72. The minimum atomic E-state index is -0.305. The number of rotatable bonds is 5. The lowest BCUT2D eigenvalue weighted by Crippen LogP contribution is -2.36. The van der Waals surface area contributed by atoms with Crippen molar-refractivity contribution in [2.24, 2.45) is 5.92 Å². The van der Waals surface area contributed by atoms with Crippen LogP contribution in [0.2, 0.25) is 0 Å². The van der Waals surface area contributed by atoms with Gasteiger partial charge in [0.1, 0.15) is 5.82 Å². The van der Waals surface area contributed by atoms with Gasteiger partial charge in [-0.2, -0.15) is 5.26 Å². The molecule has 2 rings (SSSR count). The quantitative estimate of drug-likeness (QED) is 0.869. The van der Waals surface area contributed by atoms with E-state index in [9.17, 15) is 4.39 Å². The molecule has 0 heterocycles. The number of nitrogens with one attached hydrogen (secondary N) is 1. The van der Waals surface area contributed by atoms with Crippen LogP contribution in [-0.2, 0) is 11.3 Å². The number of nitriles is 1. The molecule has 0 atom stereocenters. The van der Waals surface area contributed by atoms with Crippen LogP contribution in [0.4, 0.5) is 4.39 Å². The topological polar surface area (TPSA) is 45.0 Å². The molecule has 0 spiro atoms. The highest BCUT2D eigenvalue weighted by atomic mass is 19.1. The maximum absolute atomic E-state index is 13.5. The van der Waals surface area contributed by atoms with Gasteiger partial charge in [0.2, 0.25) is 0 Å². The van der Waals surface area contributed by atoms with Crippen LogP contribution >= 0.6 is 0 Å². The smallest absolute Gasteiger partial charge is 0.128 e. The van der Waals surface area contributed by atoms with Crippen molar-refractivity contribution >= 4 is 0 Å². The summed E-state index contributed by atoms with van der Waals surface area (Å²) in [5.74, 6) is 0.371. The van der Waals surface area contributed by atoms with Gasteiger partial charge in [-0.15, -0.1) is 0 Å². The summed E-state index contributed by atoms with van der Waals surface area (Å²) in [4.78, 5) is 0. The van der Waals surface area contributed by atoms with E-state index in [0.29, 0.717) is 17.0 Å². The Bertz CT molecular complexity index is 450. The van der Waals surface area contributed by atoms with E-state index in [1.54, 1.807) is 6.07 Å². The normalized spacial score (nSPS) is 22.3. The van der Waals surface area contributed by atoms with Crippen molar-refractivity contribution in [3.05, 3.63) is 35.1 Å². The number of hydrogen-bond donors (Lipinski definition) is 1. The maximum atomic E-state index is 13.5. The van der Waals surface area contributed by atoms with E-state index < -0.39 is 0 Å². The van der Waals surface area contributed by atoms with Crippen molar-refractivity contribution in [2.45, 2.75) is 25.6 Å². The SMILES string of the molecule is CNCC1CC(OCc2cc(C#N)ccc2F)C1. The Labute approximate surface area is 107 Å². The van der Waals surface area contributed by atoms with Gasteiger partial charge in [-0.1, -0.05) is 0 Å². The predicted octanol–water partition coefficient (Wildman–Crippen LogP) is 2.21. The van der Waals surface area contributed by atoms with Crippen LogP contribution < -0.4 is 5.32 Å². The lowest BCUT2D eigenvalue weighted by molar-refractivity contribution is -0.0399. The average Bonchev–Trinajstić information content (AvgIpc) is 2.33. The summed E-state index contributed by atoms with van der Waals surface area (Å²) in [5.41, 5.74) is 0.933. The average molecular weight is 248 g/mol. The van der Waals surface area contributed by atoms with Gasteiger partial charge in [0.25, 0.3) is 0 Å². The second-order valence-corrected chi connectivity index (χ2v) is 4.75. The highest BCUT2D eigenvalue weighted by Crippen LogP contribution is 2.30. The second-order valence-electron chi connectivity index (χ2n) is 4.75. The van der Waals surface area contributed by atoms with Crippen molar-refractivity contribution in [2.75, 3.05) is 13.6 Å². The highest BCUT2D eigenvalue weighted by Gasteiger charge is 2.29. The van der Waals surface area contributed by atoms with E-state index in [2.05, 4.69) is 5.32 Å². The molecule has 18 heavy (non-hydrogen) atoms. The van der Waals surface area contributed by atoms with E-state index in [0.717, 1.165) is 19.4 Å². The van der Waals surface area contributed by atoms with E-state index >= 15 is 0 Å². The summed E-state index contributed by atoms with van der Waals surface area (Å²) in [6, 6.07) is 6.36. The molecule has 1 aliphatic rings. The Kier molecular flexibility index (Phi) is 4.29. The van der Waals surface area contributed by atoms with Crippen molar-refractivity contribution in [3.63, 3.8) is 0 Å². The molecule has 0 bridgehead atoms. The Balaban J connectivity index is 1.83. The first-order valence-corrected chi connectivity index (χ1v) is 6.17. The van der Waals surface area contributed by atoms with Crippen LogP contribution in [0.3, 0.4) is 0 Å². The van der Waals surface area contributed by atoms with Gasteiger partial charge >= 0.3 is 0 Å². The second kappa shape index (κ2) is 5.94. The number of ether oxygens (including phenoxy) is 1. The number of benzene rings is 1. The lowest BCUT2D eigenvalue weighted by Gasteiger charge is -2.35. The van der Waals surface area contributed by atoms with Gasteiger partial charge in [0.15, 0.2) is 0 Å². The summed E-state index contributed by atoms with van der Waals surface area (Å²) < 4.78 is 19.1.